The van der Waals surface area contributed by atoms with Crippen LogP contribution in [-0.2, 0) is 9.53 Å². The molecule has 1 amide bonds. The van der Waals surface area contributed by atoms with E-state index in [1.165, 1.54) is 11.1 Å². The molecule has 6 nitrogen and oxygen atoms in total. The average molecular weight is 381 g/mol. The number of piperidine rings is 1. The van der Waals surface area contributed by atoms with Crippen LogP contribution < -0.4 is 0 Å². The molecule has 2 aromatic carbocycles. The number of nitrogens with zero attached hydrogens (tertiary/aromatic N) is 1. The van der Waals surface area contributed by atoms with Crippen LogP contribution >= 0.6 is 0 Å². The molecular weight excluding hydrogens is 358 g/mol. The summed E-state index contributed by atoms with van der Waals surface area (Å²) < 4.78 is 5.62. The second-order valence-corrected chi connectivity index (χ2v) is 7.59. The Hall–Kier alpha value is -2.86. The number of aliphatic carboxylic acids is 1. The van der Waals surface area contributed by atoms with Crippen LogP contribution in [0.25, 0.3) is 11.1 Å². The maximum Gasteiger partial charge on any atom is 0.409 e. The number of rotatable bonds is 4. The summed E-state index contributed by atoms with van der Waals surface area (Å²) in [5.41, 5.74) is 3.43. The molecule has 2 aliphatic rings. The van der Waals surface area contributed by atoms with Crippen molar-refractivity contribution in [1.82, 2.24) is 4.90 Å². The summed E-state index contributed by atoms with van der Waals surface area (Å²) in [4.78, 5) is 24.9. The van der Waals surface area contributed by atoms with Crippen LogP contribution in [0, 0.1) is 0 Å². The normalized spacial score (nSPS) is 17.7. The van der Waals surface area contributed by atoms with Crippen molar-refractivity contribution in [3.8, 4) is 11.1 Å². The van der Waals surface area contributed by atoms with Crippen molar-refractivity contribution in [2.75, 3.05) is 19.7 Å². The standard InChI is InChI=1S/C22H23NO5/c24-20(25)13-22(27)9-11-23(12-10-22)21(26)28-14-19-17-7-3-1-5-15(17)16-6-2-4-8-18(16)19/h1-8,19,27H,9-14H2,(H,24,25). The zero-order valence-corrected chi connectivity index (χ0v) is 15.5. The van der Waals surface area contributed by atoms with Gasteiger partial charge >= 0.3 is 12.1 Å². The summed E-state index contributed by atoms with van der Waals surface area (Å²) in [5.74, 6) is -1.03. The largest absolute Gasteiger partial charge is 0.481 e. The molecule has 1 fully saturated rings. The van der Waals surface area contributed by atoms with Crippen molar-refractivity contribution >= 4 is 12.1 Å². The number of carboxylic acids is 1. The molecule has 1 heterocycles. The van der Waals surface area contributed by atoms with E-state index in [0.29, 0.717) is 13.1 Å². The first-order valence-electron chi connectivity index (χ1n) is 9.51. The van der Waals surface area contributed by atoms with E-state index in [1.54, 1.807) is 4.90 Å². The fraction of sp³-hybridized carbons (Fsp3) is 0.364. The number of ether oxygens (including phenoxy) is 1. The molecule has 1 saturated heterocycles. The smallest absolute Gasteiger partial charge is 0.409 e. The Morgan fingerprint density at radius 1 is 1.00 bits per heavy atom. The van der Waals surface area contributed by atoms with E-state index in [-0.39, 0.29) is 31.8 Å². The topological polar surface area (TPSA) is 87.1 Å². The van der Waals surface area contributed by atoms with Gasteiger partial charge in [0, 0.05) is 19.0 Å². The Balaban J connectivity index is 1.40. The Morgan fingerprint density at radius 2 is 1.54 bits per heavy atom. The number of amides is 1. The third kappa shape index (κ3) is 3.47. The molecule has 2 N–H and O–H groups in total. The second kappa shape index (κ2) is 7.28. The molecular formula is C22H23NO5. The maximum atomic E-state index is 12.5. The third-order valence-corrected chi connectivity index (χ3v) is 5.77. The van der Waals surface area contributed by atoms with Gasteiger partial charge in [-0.3, -0.25) is 4.79 Å². The average Bonchev–Trinajstić information content (AvgIpc) is 3.00. The van der Waals surface area contributed by atoms with Crippen LogP contribution in [0.15, 0.2) is 48.5 Å². The van der Waals surface area contributed by atoms with Gasteiger partial charge in [-0.15, -0.1) is 0 Å². The van der Waals surface area contributed by atoms with Gasteiger partial charge in [0.15, 0.2) is 0 Å². The molecule has 2 aromatic rings. The van der Waals surface area contributed by atoms with Crippen molar-refractivity contribution in [3.05, 3.63) is 59.7 Å². The number of aliphatic hydroxyl groups is 1. The Morgan fingerprint density at radius 3 is 2.07 bits per heavy atom. The van der Waals surface area contributed by atoms with Crippen molar-refractivity contribution in [3.63, 3.8) is 0 Å². The zero-order valence-electron chi connectivity index (χ0n) is 15.5. The lowest BCUT2D eigenvalue weighted by Gasteiger charge is -2.36. The van der Waals surface area contributed by atoms with E-state index in [1.807, 2.05) is 24.3 Å². The molecule has 0 spiro atoms. The van der Waals surface area contributed by atoms with E-state index in [4.69, 9.17) is 9.84 Å². The predicted molar refractivity (Wildman–Crippen MR) is 103 cm³/mol. The molecule has 28 heavy (non-hydrogen) atoms. The summed E-state index contributed by atoms with van der Waals surface area (Å²) in [6.45, 7) is 0.837. The highest BCUT2D eigenvalue weighted by Crippen LogP contribution is 2.44. The molecule has 0 radical (unpaired) electrons. The van der Waals surface area contributed by atoms with Crippen molar-refractivity contribution in [2.45, 2.75) is 30.8 Å². The predicted octanol–water partition coefficient (Wildman–Crippen LogP) is 3.24. The van der Waals surface area contributed by atoms with E-state index in [2.05, 4.69) is 24.3 Å². The molecule has 4 rings (SSSR count). The molecule has 1 aliphatic heterocycles. The van der Waals surface area contributed by atoms with E-state index in [0.717, 1.165) is 11.1 Å². The van der Waals surface area contributed by atoms with Gasteiger partial charge in [0.05, 0.1) is 12.0 Å². The third-order valence-electron chi connectivity index (χ3n) is 5.77. The lowest BCUT2D eigenvalue weighted by molar-refractivity contribution is -0.144. The number of likely N-dealkylation sites (tertiary alicyclic amines) is 1. The number of fused-ring (bicyclic) bond motifs is 3. The molecule has 146 valence electrons. The van der Waals surface area contributed by atoms with E-state index < -0.39 is 17.7 Å². The molecule has 0 saturated carbocycles. The first-order valence-corrected chi connectivity index (χ1v) is 9.51. The van der Waals surface area contributed by atoms with Gasteiger partial charge < -0.3 is 19.8 Å². The molecule has 0 bridgehead atoms. The second-order valence-electron chi connectivity index (χ2n) is 7.59. The minimum atomic E-state index is -1.24. The van der Waals surface area contributed by atoms with Gasteiger partial charge in [-0.1, -0.05) is 48.5 Å². The summed E-state index contributed by atoms with van der Waals surface area (Å²) >= 11 is 0. The molecule has 0 unspecified atom stereocenters. The number of hydrogen-bond donors (Lipinski definition) is 2. The van der Waals surface area contributed by atoms with E-state index in [9.17, 15) is 14.7 Å². The highest BCUT2D eigenvalue weighted by molar-refractivity contribution is 5.79. The SMILES string of the molecule is O=C(O)CC1(O)CCN(C(=O)OCC2c3ccccc3-c3ccccc32)CC1. The summed E-state index contributed by atoms with van der Waals surface area (Å²) in [6, 6.07) is 16.3. The van der Waals surface area contributed by atoms with Gasteiger partial charge in [0.1, 0.15) is 6.61 Å². The fourth-order valence-electron chi connectivity index (χ4n) is 4.25. The van der Waals surface area contributed by atoms with Crippen molar-refractivity contribution in [2.24, 2.45) is 0 Å². The van der Waals surface area contributed by atoms with Gasteiger partial charge in [-0.2, -0.15) is 0 Å². The summed E-state index contributed by atoms with van der Waals surface area (Å²) in [5, 5.41) is 19.2. The fourth-order valence-corrected chi connectivity index (χ4v) is 4.25. The Labute approximate surface area is 163 Å². The van der Waals surface area contributed by atoms with Crippen LogP contribution in [0.5, 0.6) is 0 Å². The van der Waals surface area contributed by atoms with Gasteiger partial charge in [0.25, 0.3) is 0 Å². The number of carbonyl (C=O) groups is 2. The molecule has 0 aromatic heterocycles. The van der Waals surface area contributed by atoms with Gasteiger partial charge in [-0.05, 0) is 35.1 Å². The molecule has 6 heteroatoms. The monoisotopic (exact) mass is 381 g/mol. The first kappa shape index (κ1) is 18.5. The highest BCUT2D eigenvalue weighted by atomic mass is 16.6. The Kier molecular flexibility index (Phi) is 4.81. The van der Waals surface area contributed by atoms with Crippen LogP contribution in [-0.4, -0.2) is 52.5 Å². The van der Waals surface area contributed by atoms with Crippen molar-refractivity contribution < 1.29 is 24.5 Å². The van der Waals surface area contributed by atoms with Crippen LogP contribution in [0.3, 0.4) is 0 Å². The highest BCUT2D eigenvalue weighted by Gasteiger charge is 2.37. The number of hydrogen-bond acceptors (Lipinski definition) is 4. The van der Waals surface area contributed by atoms with E-state index >= 15 is 0 Å². The zero-order chi connectivity index (χ0) is 19.7. The maximum absolute atomic E-state index is 12.5. The first-order chi connectivity index (χ1) is 13.5. The Bertz CT molecular complexity index is 856. The summed E-state index contributed by atoms with van der Waals surface area (Å²) in [6.07, 6.45) is -0.238. The summed E-state index contributed by atoms with van der Waals surface area (Å²) in [7, 11) is 0. The lowest BCUT2D eigenvalue weighted by atomic mass is 9.88. The minimum absolute atomic E-state index is 0.00471. The van der Waals surface area contributed by atoms with Gasteiger partial charge in [-0.25, -0.2) is 4.79 Å². The minimum Gasteiger partial charge on any atom is -0.481 e. The molecule has 0 atom stereocenters. The van der Waals surface area contributed by atoms with Crippen LogP contribution in [0.4, 0.5) is 4.79 Å². The quantitative estimate of drug-likeness (QED) is 0.849. The van der Waals surface area contributed by atoms with Crippen LogP contribution in [0.2, 0.25) is 0 Å². The van der Waals surface area contributed by atoms with Gasteiger partial charge in [0.2, 0.25) is 0 Å². The number of carbonyl (C=O) groups excluding carboxylic acids is 1. The number of benzene rings is 2. The number of carboxylic acid groups (broad SMARTS) is 1. The van der Waals surface area contributed by atoms with Crippen LogP contribution in [0.1, 0.15) is 36.3 Å². The van der Waals surface area contributed by atoms with Crippen molar-refractivity contribution in [1.29, 1.82) is 0 Å². The molecule has 1 aliphatic carbocycles. The lowest BCUT2D eigenvalue weighted by Crippen LogP contribution is -2.47.